The molecule has 2 heteroatoms. The molecule has 1 rings (SSSR count). The molecule has 102 valence electrons. The van der Waals surface area contributed by atoms with Crippen LogP contribution in [-0.4, -0.2) is 6.04 Å². The molecular weight excluding hydrogens is 242 g/mol. The molecule has 0 aliphatic heterocycles. The lowest BCUT2D eigenvalue weighted by Gasteiger charge is -2.21. The molecule has 0 radical (unpaired) electrons. The van der Waals surface area contributed by atoms with Gasteiger partial charge in [0.2, 0.25) is 0 Å². The Bertz CT molecular complexity index is 349. The van der Waals surface area contributed by atoms with Crippen LogP contribution in [0.25, 0.3) is 0 Å². The Labute approximate surface area is 117 Å². The molecule has 0 amide bonds. The molecule has 0 heterocycles. The summed E-state index contributed by atoms with van der Waals surface area (Å²) in [6, 6.07) is 8.93. The number of rotatable bonds is 7. The molecule has 0 aromatic heterocycles. The molecule has 0 aliphatic carbocycles. The Kier molecular flexibility index (Phi) is 6.73. The summed E-state index contributed by atoms with van der Waals surface area (Å²) < 4.78 is 0. The average Bonchev–Trinajstić information content (AvgIpc) is 2.28. The topological polar surface area (TPSA) is 12.0 Å². The van der Waals surface area contributed by atoms with E-state index >= 15 is 0 Å². The molecule has 1 aromatic carbocycles. The predicted molar refractivity (Wildman–Crippen MR) is 81.2 cm³/mol. The third-order valence-corrected chi connectivity index (χ3v) is 3.67. The Morgan fingerprint density at radius 1 is 1.06 bits per heavy atom. The van der Waals surface area contributed by atoms with E-state index in [2.05, 4.69) is 39.1 Å². The van der Waals surface area contributed by atoms with Gasteiger partial charge >= 0.3 is 0 Å². The van der Waals surface area contributed by atoms with Crippen molar-refractivity contribution in [1.29, 1.82) is 0 Å². The number of hydrogen-bond donors (Lipinski definition) is 1. The maximum Gasteiger partial charge on any atom is 0.0453 e. The molecule has 0 aliphatic rings. The highest BCUT2D eigenvalue weighted by molar-refractivity contribution is 6.31. The highest BCUT2D eigenvalue weighted by Crippen LogP contribution is 2.23. The van der Waals surface area contributed by atoms with Gasteiger partial charge in [0.05, 0.1) is 0 Å². The first-order valence-corrected chi connectivity index (χ1v) is 7.39. The van der Waals surface area contributed by atoms with Crippen LogP contribution < -0.4 is 5.32 Å². The van der Waals surface area contributed by atoms with Gasteiger partial charge in [0.1, 0.15) is 0 Å². The Balaban J connectivity index is 2.40. The van der Waals surface area contributed by atoms with Crippen molar-refractivity contribution in [1.82, 2.24) is 5.32 Å². The van der Waals surface area contributed by atoms with E-state index in [0.717, 1.165) is 10.9 Å². The minimum absolute atomic E-state index is 0.313. The van der Waals surface area contributed by atoms with Crippen LogP contribution in [0.3, 0.4) is 0 Å². The summed E-state index contributed by atoms with van der Waals surface area (Å²) in [5.74, 6) is 0.804. The smallest absolute Gasteiger partial charge is 0.0453 e. The molecular formula is C16H26ClN. The van der Waals surface area contributed by atoms with E-state index < -0.39 is 0 Å². The van der Waals surface area contributed by atoms with Crippen LogP contribution in [0.2, 0.25) is 5.02 Å². The van der Waals surface area contributed by atoms with E-state index in [1.807, 2.05) is 18.2 Å². The Hall–Kier alpha value is -0.530. The molecule has 0 spiro atoms. The lowest BCUT2D eigenvalue weighted by molar-refractivity contribution is 0.424. The molecule has 2 atom stereocenters. The molecule has 0 saturated heterocycles. The van der Waals surface area contributed by atoms with Crippen LogP contribution in [0.5, 0.6) is 0 Å². The summed E-state index contributed by atoms with van der Waals surface area (Å²) in [5, 5.41) is 4.48. The minimum Gasteiger partial charge on any atom is -0.308 e. The van der Waals surface area contributed by atoms with Crippen molar-refractivity contribution in [3.05, 3.63) is 34.9 Å². The van der Waals surface area contributed by atoms with Gasteiger partial charge in [0.25, 0.3) is 0 Å². The zero-order valence-corrected chi connectivity index (χ0v) is 12.8. The van der Waals surface area contributed by atoms with Gasteiger partial charge in [-0.3, -0.25) is 0 Å². The SMILES string of the molecule is CC(C)CCCC(C)NC(C)c1ccccc1Cl. The second-order valence-electron chi connectivity index (χ2n) is 5.64. The fraction of sp³-hybridized carbons (Fsp3) is 0.625. The highest BCUT2D eigenvalue weighted by Gasteiger charge is 2.11. The molecule has 0 saturated carbocycles. The van der Waals surface area contributed by atoms with Crippen molar-refractivity contribution >= 4 is 11.6 Å². The first-order valence-electron chi connectivity index (χ1n) is 7.01. The van der Waals surface area contributed by atoms with Crippen molar-refractivity contribution in [2.75, 3.05) is 0 Å². The lowest BCUT2D eigenvalue weighted by Crippen LogP contribution is -2.29. The van der Waals surface area contributed by atoms with E-state index in [-0.39, 0.29) is 0 Å². The number of hydrogen-bond acceptors (Lipinski definition) is 1. The summed E-state index contributed by atoms with van der Waals surface area (Å²) >= 11 is 6.21. The van der Waals surface area contributed by atoms with Crippen LogP contribution in [0.1, 0.15) is 58.6 Å². The summed E-state index contributed by atoms with van der Waals surface area (Å²) in [7, 11) is 0. The van der Waals surface area contributed by atoms with Crippen molar-refractivity contribution in [3.63, 3.8) is 0 Å². The summed E-state index contributed by atoms with van der Waals surface area (Å²) in [6.07, 6.45) is 3.83. The maximum atomic E-state index is 6.21. The third kappa shape index (κ3) is 5.41. The number of halogens is 1. The quantitative estimate of drug-likeness (QED) is 0.715. The van der Waals surface area contributed by atoms with Crippen molar-refractivity contribution < 1.29 is 0 Å². The van der Waals surface area contributed by atoms with Crippen LogP contribution in [0, 0.1) is 5.92 Å². The molecule has 2 unspecified atom stereocenters. The highest BCUT2D eigenvalue weighted by atomic mass is 35.5. The largest absolute Gasteiger partial charge is 0.308 e. The summed E-state index contributed by atoms with van der Waals surface area (Å²) in [5.41, 5.74) is 1.19. The average molecular weight is 268 g/mol. The van der Waals surface area contributed by atoms with Crippen molar-refractivity contribution in [3.8, 4) is 0 Å². The molecule has 1 nitrogen and oxygen atoms in total. The van der Waals surface area contributed by atoms with Gasteiger partial charge in [-0.2, -0.15) is 0 Å². The Morgan fingerprint density at radius 3 is 2.33 bits per heavy atom. The summed E-state index contributed by atoms with van der Waals surface area (Å²) in [4.78, 5) is 0. The van der Waals surface area contributed by atoms with Crippen LogP contribution in [0.15, 0.2) is 24.3 Å². The first kappa shape index (κ1) is 15.5. The molecule has 0 fully saturated rings. The second kappa shape index (κ2) is 7.81. The fourth-order valence-corrected chi connectivity index (χ4v) is 2.56. The minimum atomic E-state index is 0.313. The van der Waals surface area contributed by atoms with Gasteiger partial charge < -0.3 is 5.32 Å². The summed E-state index contributed by atoms with van der Waals surface area (Å²) in [6.45, 7) is 9.00. The van der Waals surface area contributed by atoms with Crippen LogP contribution in [0.4, 0.5) is 0 Å². The van der Waals surface area contributed by atoms with Crippen molar-refractivity contribution in [2.45, 2.75) is 59.0 Å². The first-order chi connectivity index (χ1) is 8.50. The molecule has 1 aromatic rings. The van der Waals surface area contributed by atoms with Gasteiger partial charge in [0, 0.05) is 17.1 Å². The monoisotopic (exact) mass is 267 g/mol. The van der Waals surface area contributed by atoms with Crippen LogP contribution in [-0.2, 0) is 0 Å². The third-order valence-electron chi connectivity index (χ3n) is 3.32. The zero-order chi connectivity index (χ0) is 13.5. The van der Waals surface area contributed by atoms with Crippen LogP contribution >= 0.6 is 11.6 Å². The van der Waals surface area contributed by atoms with Gasteiger partial charge in [-0.1, -0.05) is 56.5 Å². The fourth-order valence-electron chi connectivity index (χ4n) is 2.26. The second-order valence-corrected chi connectivity index (χ2v) is 6.04. The van der Waals surface area contributed by atoms with Gasteiger partial charge in [-0.25, -0.2) is 0 Å². The van der Waals surface area contributed by atoms with E-state index in [9.17, 15) is 0 Å². The van der Waals surface area contributed by atoms with Crippen molar-refractivity contribution in [2.24, 2.45) is 5.92 Å². The standard InChI is InChI=1S/C16H26ClN/c1-12(2)8-7-9-13(3)18-14(4)15-10-5-6-11-16(15)17/h5-6,10-14,18H,7-9H2,1-4H3. The normalized spacial score (nSPS) is 14.8. The predicted octanol–water partition coefficient (Wildman–Crippen LogP) is 5.21. The van der Waals surface area contributed by atoms with Gasteiger partial charge in [-0.15, -0.1) is 0 Å². The Morgan fingerprint density at radius 2 is 1.72 bits per heavy atom. The molecule has 0 bridgehead atoms. The lowest BCUT2D eigenvalue weighted by atomic mass is 10.0. The molecule has 18 heavy (non-hydrogen) atoms. The number of benzene rings is 1. The van der Waals surface area contributed by atoms with Gasteiger partial charge in [-0.05, 0) is 37.8 Å². The van der Waals surface area contributed by atoms with E-state index in [1.165, 1.54) is 24.8 Å². The van der Waals surface area contributed by atoms with E-state index in [4.69, 9.17) is 11.6 Å². The van der Waals surface area contributed by atoms with E-state index in [1.54, 1.807) is 0 Å². The molecule has 1 N–H and O–H groups in total. The number of nitrogens with one attached hydrogen (secondary N) is 1. The van der Waals surface area contributed by atoms with Gasteiger partial charge in [0.15, 0.2) is 0 Å². The zero-order valence-electron chi connectivity index (χ0n) is 12.0. The van der Waals surface area contributed by atoms with E-state index in [0.29, 0.717) is 12.1 Å². The maximum absolute atomic E-state index is 6.21.